The van der Waals surface area contributed by atoms with E-state index in [2.05, 4.69) is 4.84 Å². The van der Waals surface area contributed by atoms with Crippen LogP contribution in [0.1, 0.15) is 20.8 Å². The number of rotatable bonds is 8. The van der Waals surface area contributed by atoms with Gasteiger partial charge in [0.2, 0.25) is 0 Å². The first-order valence-electron chi connectivity index (χ1n) is 8.17. The van der Waals surface area contributed by atoms with Gasteiger partial charge >= 0.3 is 11.9 Å². The lowest BCUT2D eigenvalue weighted by molar-refractivity contribution is -0.758. The first-order chi connectivity index (χ1) is 12.2. The molecule has 0 radical (unpaired) electrons. The molecular formula is C15H23NO10. The fourth-order valence-electron chi connectivity index (χ4n) is 2.47. The minimum absolute atomic E-state index is 0.120. The molecule has 2 saturated heterocycles. The molecular weight excluding hydrogens is 354 g/mol. The molecule has 0 saturated carbocycles. The Hall–Kier alpha value is -1.98. The lowest BCUT2D eigenvalue weighted by Gasteiger charge is -2.22. The summed E-state index contributed by atoms with van der Waals surface area (Å²) in [4.78, 5) is 37.8. The van der Waals surface area contributed by atoms with Crippen LogP contribution in [0.4, 0.5) is 0 Å². The van der Waals surface area contributed by atoms with Crippen molar-refractivity contribution >= 4 is 11.9 Å². The smallest absolute Gasteiger partial charge is 0.332 e. The van der Waals surface area contributed by atoms with Crippen LogP contribution in [-0.2, 0) is 38.1 Å². The zero-order valence-corrected chi connectivity index (χ0v) is 14.9. The van der Waals surface area contributed by atoms with Gasteiger partial charge in [0.15, 0.2) is 12.2 Å². The summed E-state index contributed by atoms with van der Waals surface area (Å²) < 4.78 is 26.7. The predicted molar refractivity (Wildman–Crippen MR) is 82.5 cm³/mol. The van der Waals surface area contributed by atoms with Gasteiger partial charge < -0.3 is 28.5 Å². The summed E-state index contributed by atoms with van der Waals surface area (Å²) in [5.41, 5.74) is -0.640. The highest BCUT2D eigenvalue weighted by atomic mass is 17.0. The normalized spacial score (nSPS) is 27.7. The first-order valence-corrected chi connectivity index (χ1v) is 8.17. The number of hydrogen-bond acceptors (Lipinski definition) is 10. The van der Waals surface area contributed by atoms with Crippen molar-refractivity contribution in [3.8, 4) is 0 Å². The molecule has 0 aromatic carbocycles. The van der Waals surface area contributed by atoms with Gasteiger partial charge in [0, 0.05) is 0 Å². The van der Waals surface area contributed by atoms with Gasteiger partial charge in [-0.25, -0.2) is 4.79 Å². The minimum atomic E-state index is -0.946. The van der Waals surface area contributed by atoms with Gasteiger partial charge in [-0.05, 0) is 20.8 Å². The fraction of sp³-hybridized carbons (Fsp3) is 0.867. The molecule has 2 heterocycles. The first kappa shape index (κ1) is 20.3. The largest absolute Gasteiger partial charge is 0.457 e. The molecule has 11 nitrogen and oxygen atoms in total. The van der Waals surface area contributed by atoms with E-state index in [1.54, 1.807) is 20.8 Å². The minimum Gasteiger partial charge on any atom is -0.457 e. The Kier molecular flexibility index (Phi) is 6.73. The molecule has 11 heteroatoms. The molecule has 4 atom stereocenters. The molecule has 0 N–H and O–H groups in total. The van der Waals surface area contributed by atoms with E-state index in [-0.39, 0.29) is 39.0 Å². The lowest BCUT2D eigenvalue weighted by Crippen LogP contribution is -2.38. The molecule has 2 fully saturated rings. The van der Waals surface area contributed by atoms with Crippen molar-refractivity contribution in [1.29, 1.82) is 0 Å². The summed E-state index contributed by atoms with van der Waals surface area (Å²) in [6, 6.07) is 0. The van der Waals surface area contributed by atoms with Gasteiger partial charge in [-0.1, -0.05) is 0 Å². The summed E-state index contributed by atoms with van der Waals surface area (Å²) in [5, 5.41) is 9.01. The van der Waals surface area contributed by atoms with Crippen LogP contribution in [0.15, 0.2) is 0 Å². The average molecular weight is 377 g/mol. The topological polar surface area (TPSA) is 133 Å². The van der Waals surface area contributed by atoms with E-state index in [1.807, 2.05) is 0 Å². The van der Waals surface area contributed by atoms with E-state index in [4.69, 9.17) is 23.7 Å². The average Bonchev–Trinajstić information content (AvgIpc) is 3.10. The van der Waals surface area contributed by atoms with Crippen LogP contribution >= 0.6 is 0 Å². The maximum atomic E-state index is 12.0. The summed E-state index contributed by atoms with van der Waals surface area (Å²) in [5.74, 6) is -1.01. The van der Waals surface area contributed by atoms with Crippen molar-refractivity contribution < 1.29 is 43.2 Å². The Balaban J connectivity index is 1.72. The number of hydrogen-bond donors (Lipinski definition) is 0. The number of esters is 2. The van der Waals surface area contributed by atoms with Crippen LogP contribution in [0, 0.1) is 15.5 Å². The van der Waals surface area contributed by atoms with Crippen LogP contribution in [0.2, 0.25) is 0 Å². The van der Waals surface area contributed by atoms with Crippen molar-refractivity contribution in [3.63, 3.8) is 0 Å². The molecule has 0 bridgehead atoms. The SMILES string of the molecule is CC(C)(C)C(=O)OC1CO[C@@H]2C(OC(=O)COCCO[N+](=O)[O-])CO[C@H]12. The molecule has 2 aliphatic rings. The van der Waals surface area contributed by atoms with Crippen molar-refractivity contribution in [2.45, 2.75) is 45.2 Å². The monoisotopic (exact) mass is 377 g/mol. The molecule has 0 amide bonds. The van der Waals surface area contributed by atoms with E-state index in [1.165, 1.54) is 0 Å². The molecule has 2 rings (SSSR count). The third-order valence-corrected chi connectivity index (χ3v) is 3.76. The summed E-state index contributed by atoms with van der Waals surface area (Å²) in [7, 11) is 0. The number of fused-ring (bicyclic) bond motifs is 1. The number of nitrogens with zero attached hydrogens (tertiary/aromatic N) is 1. The van der Waals surface area contributed by atoms with Crippen LogP contribution in [0.5, 0.6) is 0 Å². The molecule has 148 valence electrons. The fourth-order valence-corrected chi connectivity index (χ4v) is 2.47. The second kappa shape index (κ2) is 8.60. The molecule has 2 aliphatic heterocycles. The van der Waals surface area contributed by atoms with E-state index in [9.17, 15) is 19.7 Å². The molecule has 0 spiro atoms. The van der Waals surface area contributed by atoms with Crippen LogP contribution < -0.4 is 0 Å². The quantitative estimate of drug-likeness (QED) is 0.244. The Morgan fingerprint density at radius 3 is 2.19 bits per heavy atom. The Bertz CT molecular complexity index is 531. The van der Waals surface area contributed by atoms with E-state index in [0.29, 0.717) is 0 Å². The maximum Gasteiger partial charge on any atom is 0.332 e. The van der Waals surface area contributed by atoms with Crippen molar-refractivity contribution in [3.05, 3.63) is 10.1 Å². The summed E-state index contributed by atoms with van der Waals surface area (Å²) in [6.07, 6.45) is -2.20. The van der Waals surface area contributed by atoms with E-state index < -0.39 is 40.9 Å². The van der Waals surface area contributed by atoms with Gasteiger partial charge in [-0.2, -0.15) is 0 Å². The van der Waals surface area contributed by atoms with Crippen molar-refractivity contribution in [2.75, 3.05) is 33.0 Å². The van der Waals surface area contributed by atoms with Crippen LogP contribution in [0.25, 0.3) is 0 Å². The number of ether oxygens (including phenoxy) is 5. The van der Waals surface area contributed by atoms with Crippen LogP contribution in [0.3, 0.4) is 0 Å². The van der Waals surface area contributed by atoms with E-state index >= 15 is 0 Å². The Morgan fingerprint density at radius 2 is 1.65 bits per heavy atom. The third-order valence-electron chi connectivity index (χ3n) is 3.76. The standard InChI is InChI=1S/C15H23NO10/c1-15(2,3)14(18)26-10-7-23-12-9(6-22-13(10)12)25-11(17)8-21-4-5-24-16(19)20/h9-10,12-13H,4-8H2,1-3H3/t9?,10?,12-,13-/m1/s1. The summed E-state index contributed by atoms with van der Waals surface area (Å²) in [6.45, 7) is 4.76. The Morgan fingerprint density at radius 1 is 1.08 bits per heavy atom. The second-order valence-electron chi connectivity index (χ2n) is 6.93. The molecule has 26 heavy (non-hydrogen) atoms. The molecule has 0 aliphatic carbocycles. The lowest BCUT2D eigenvalue weighted by atomic mass is 9.97. The van der Waals surface area contributed by atoms with Gasteiger partial charge in [0.25, 0.3) is 5.09 Å². The number of carbonyl (C=O) groups is 2. The Labute approximate surface area is 149 Å². The highest BCUT2D eigenvalue weighted by Crippen LogP contribution is 2.31. The van der Waals surface area contributed by atoms with Crippen LogP contribution in [-0.4, -0.2) is 74.5 Å². The van der Waals surface area contributed by atoms with Gasteiger partial charge in [-0.15, -0.1) is 10.1 Å². The third kappa shape index (κ3) is 5.51. The maximum absolute atomic E-state index is 12.0. The molecule has 0 aromatic heterocycles. The van der Waals surface area contributed by atoms with E-state index in [0.717, 1.165) is 0 Å². The highest BCUT2D eigenvalue weighted by Gasteiger charge is 2.51. The van der Waals surface area contributed by atoms with Gasteiger partial charge in [0.05, 0.1) is 25.2 Å². The zero-order valence-electron chi connectivity index (χ0n) is 14.9. The number of carbonyl (C=O) groups excluding carboxylic acids is 2. The van der Waals surface area contributed by atoms with Crippen molar-refractivity contribution in [2.24, 2.45) is 5.41 Å². The van der Waals surface area contributed by atoms with Crippen molar-refractivity contribution in [1.82, 2.24) is 0 Å². The highest BCUT2D eigenvalue weighted by molar-refractivity contribution is 5.75. The zero-order chi connectivity index (χ0) is 19.3. The van der Waals surface area contributed by atoms with Gasteiger partial charge in [-0.3, -0.25) is 4.79 Å². The second-order valence-corrected chi connectivity index (χ2v) is 6.93. The molecule has 2 unspecified atom stereocenters. The summed E-state index contributed by atoms with van der Waals surface area (Å²) >= 11 is 0. The van der Waals surface area contributed by atoms with Gasteiger partial charge in [0.1, 0.15) is 25.4 Å². The predicted octanol–water partition coefficient (Wildman–Crippen LogP) is -0.121. The molecule has 0 aromatic rings.